The maximum absolute atomic E-state index is 13.3. The quantitative estimate of drug-likeness (QED) is 0.902. The molecule has 0 bridgehead atoms. The Morgan fingerprint density at radius 2 is 2.22 bits per heavy atom. The fraction of sp³-hybridized carbons (Fsp3) is 0.308. The molecule has 0 aliphatic carbocycles. The number of benzene rings is 1. The number of thiazole rings is 1. The first-order valence-electron chi connectivity index (χ1n) is 5.72. The second-order valence-electron chi connectivity index (χ2n) is 4.28. The van der Waals surface area contributed by atoms with E-state index in [2.05, 4.69) is 9.88 Å². The molecule has 96 valence electrons. The molecule has 2 N–H and O–H groups in total. The van der Waals surface area contributed by atoms with Crippen LogP contribution in [0.1, 0.15) is 16.8 Å². The molecule has 2 rings (SSSR count). The first-order chi connectivity index (χ1) is 8.69. The number of aromatic nitrogens is 1. The van der Waals surface area contributed by atoms with Crippen LogP contribution in [0.4, 0.5) is 4.39 Å². The minimum absolute atomic E-state index is 0.232. The normalized spacial score (nSPS) is 11.1. The van der Waals surface area contributed by atoms with E-state index in [4.69, 9.17) is 5.73 Å². The standard InChI is InChI=1S/C13H16FN3S/c1-17(7-12-8-18-9-16-12)6-10-2-3-13(14)11(4-10)5-15/h2-4,8-9H,5-7,15H2,1H3. The number of nitrogens with zero attached hydrogens (tertiary/aromatic N) is 2. The molecule has 2 aromatic rings. The van der Waals surface area contributed by atoms with Crippen molar-refractivity contribution >= 4 is 11.3 Å². The third-order valence-corrected chi connectivity index (χ3v) is 3.33. The topological polar surface area (TPSA) is 42.1 Å². The lowest BCUT2D eigenvalue weighted by Gasteiger charge is -2.16. The van der Waals surface area contributed by atoms with Gasteiger partial charge in [-0.25, -0.2) is 9.37 Å². The number of rotatable bonds is 5. The van der Waals surface area contributed by atoms with E-state index in [0.717, 1.165) is 24.3 Å². The van der Waals surface area contributed by atoms with Gasteiger partial charge >= 0.3 is 0 Å². The predicted molar refractivity (Wildman–Crippen MR) is 71.6 cm³/mol. The number of nitrogens with two attached hydrogens (primary N) is 1. The van der Waals surface area contributed by atoms with Crippen LogP contribution in [-0.4, -0.2) is 16.9 Å². The molecule has 0 saturated heterocycles. The van der Waals surface area contributed by atoms with E-state index in [-0.39, 0.29) is 12.4 Å². The molecule has 1 aromatic carbocycles. The highest BCUT2D eigenvalue weighted by Crippen LogP contribution is 2.13. The van der Waals surface area contributed by atoms with Crippen molar-refractivity contribution in [3.05, 3.63) is 51.7 Å². The van der Waals surface area contributed by atoms with E-state index in [0.29, 0.717) is 5.56 Å². The van der Waals surface area contributed by atoms with Crippen LogP contribution in [0.15, 0.2) is 29.1 Å². The molecule has 5 heteroatoms. The maximum Gasteiger partial charge on any atom is 0.127 e. The Morgan fingerprint density at radius 1 is 1.39 bits per heavy atom. The maximum atomic E-state index is 13.3. The molecule has 0 radical (unpaired) electrons. The van der Waals surface area contributed by atoms with Crippen molar-refractivity contribution in [1.29, 1.82) is 0 Å². The summed E-state index contributed by atoms with van der Waals surface area (Å²) in [7, 11) is 2.02. The van der Waals surface area contributed by atoms with E-state index >= 15 is 0 Å². The highest BCUT2D eigenvalue weighted by molar-refractivity contribution is 7.07. The molecular weight excluding hydrogens is 249 g/mol. The van der Waals surface area contributed by atoms with Crippen LogP contribution in [0.2, 0.25) is 0 Å². The Bertz CT molecular complexity index is 499. The van der Waals surface area contributed by atoms with Crippen LogP contribution in [0.3, 0.4) is 0 Å². The second kappa shape index (κ2) is 6.04. The van der Waals surface area contributed by atoms with E-state index < -0.39 is 0 Å². The van der Waals surface area contributed by atoms with Gasteiger partial charge in [-0.3, -0.25) is 4.90 Å². The number of halogens is 1. The van der Waals surface area contributed by atoms with Gasteiger partial charge in [-0.2, -0.15) is 0 Å². The van der Waals surface area contributed by atoms with Crippen molar-refractivity contribution in [3.8, 4) is 0 Å². The van der Waals surface area contributed by atoms with Gasteiger partial charge in [0, 0.05) is 30.6 Å². The van der Waals surface area contributed by atoms with Gasteiger partial charge in [-0.05, 0) is 18.7 Å². The van der Waals surface area contributed by atoms with E-state index in [1.807, 2.05) is 24.0 Å². The van der Waals surface area contributed by atoms with Gasteiger partial charge in [0.05, 0.1) is 11.2 Å². The van der Waals surface area contributed by atoms with Crippen molar-refractivity contribution in [2.75, 3.05) is 7.05 Å². The lowest BCUT2D eigenvalue weighted by atomic mass is 10.1. The molecule has 1 heterocycles. The molecule has 0 spiro atoms. The van der Waals surface area contributed by atoms with Crippen LogP contribution < -0.4 is 5.73 Å². The molecule has 0 aliphatic heterocycles. The fourth-order valence-corrected chi connectivity index (χ4v) is 2.39. The molecule has 1 aromatic heterocycles. The van der Waals surface area contributed by atoms with E-state index in [1.165, 1.54) is 6.07 Å². The summed E-state index contributed by atoms with van der Waals surface area (Å²) in [5.41, 5.74) is 10.0. The smallest absolute Gasteiger partial charge is 0.127 e. The van der Waals surface area contributed by atoms with E-state index in [9.17, 15) is 4.39 Å². The van der Waals surface area contributed by atoms with Gasteiger partial charge in [0.1, 0.15) is 5.82 Å². The lowest BCUT2D eigenvalue weighted by Crippen LogP contribution is -2.17. The summed E-state index contributed by atoms with van der Waals surface area (Å²) in [6.45, 7) is 1.78. The minimum Gasteiger partial charge on any atom is -0.326 e. The zero-order valence-corrected chi connectivity index (χ0v) is 11.1. The highest BCUT2D eigenvalue weighted by atomic mass is 32.1. The Kier molecular flexibility index (Phi) is 4.41. The average molecular weight is 265 g/mol. The predicted octanol–water partition coefficient (Wildman–Crippen LogP) is 2.37. The van der Waals surface area contributed by atoms with Crippen LogP contribution in [-0.2, 0) is 19.6 Å². The zero-order valence-electron chi connectivity index (χ0n) is 10.3. The molecule has 0 atom stereocenters. The van der Waals surface area contributed by atoms with Gasteiger partial charge in [0.25, 0.3) is 0 Å². The summed E-state index contributed by atoms with van der Waals surface area (Å²) >= 11 is 1.59. The van der Waals surface area contributed by atoms with Gasteiger partial charge in [-0.1, -0.05) is 12.1 Å². The largest absolute Gasteiger partial charge is 0.326 e. The summed E-state index contributed by atoms with van der Waals surface area (Å²) in [5.74, 6) is -0.233. The van der Waals surface area contributed by atoms with Crippen molar-refractivity contribution in [3.63, 3.8) is 0 Å². The minimum atomic E-state index is -0.233. The third-order valence-electron chi connectivity index (χ3n) is 2.70. The highest BCUT2D eigenvalue weighted by Gasteiger charge is 2.06. The summed E-state index contributed by atoms with van der Waals surface area (Å²) in [6.07, 6.45) is 0. The Labute approximate surface area is 110 Å². The Morgan fingerprint density at radius 3 is 2.89 bits per heavy atom. The average Bonchev–Trinajstić information content (AvgIpc) is 2.84. The molecule has 0 aliphatic rings. The summed E-state index contributed by atoms with van der Waals surface area (Å²) < 4.78 is 13.3. The first kappa shape index (κ1) is 13.1. The molecular formula is C13H16FN3S. The van der Waals surface area contributed by atoms with Crippen molar-refractivity contribution in [2.45, 2.75) is 19.6 Å². The van der Waals surface area contributed by atoms with Crippen molar-refractivity contribution in [1.82, 2.24) is 9.88 Å². The first-order valence-corrected chi connectivity index (χ1v) is 6.66. The van der Waals surface area contributed by atoms with Crippen molar-refractivity contribution < 1.29 is 4.39 Å². The molecule has 0 fully saturated rings. The van der Waals surface area contributed by atoms with Crippen LogP contribution in [0, 0.1) is 5.82 Å². The molecule has 0 saturated carbocycles. The van der Waals surface area contributed by atoms with Gasteiger partial charge in [0.15, 0.2) is 0 Å². The van der Waals surface area contributed by atoms with Gasteiger partial charge < -0.3 is 5.73 Å². The lowest BCUT2D eigenvalue weighted by molar-refractivity contribution is 0.315. The summed E-state index contributed by atoms with van der Waals surface area (Å²) in [5, 5.41) is 2.03. The molecule has 3 nitrogen and oxygen atoms in total. The fourth-order valence-electron chi connectivity index (χ4n) is 1.84. The third kappa shape index (κ3) is 3.35. The van der Waals surface area contributed by atoms with E-state index in [1.54, 1.807) is 17.4 Å². The molecule has 0 amide bonds. The monoisotopic (exact) mass is 265 g/mol. The van der Waals surface area contributed by atoms with Crippen molar-refractivity contribution in [2.24, 2.45) is 5.73 Å². The summed E-state index contributed by atoms with van der Waals surface area (Å²) in [6, 6.07) is 5.10. The van der Waals surface area contributed by atoms with Crippen LogP contribution >= 0.6 is 11.3 Å². The van der Waals surface area contributed by atoms with Gasteiger partial charge in [-0.15, -0.1) is 11.3 Å². The number of hydrogen-bond acceptors (Lipinski definition) is 4. The van der Waals surface area contributed by atoms with Crippen LogP contribution in [0.5, 0.6) is 0 Å². The Balaban J connectivity index is 2.00. The second-order valence-corrected chi connectivity index (χ2v) is 5.00. The molecule has 0 unspecified atom stereocenters. The van der Waals surface area contributed by atoms with Crippen LogP contribution in [0.25, 0.3) is 0 Å². The van der Waals surface area contributed by atoms with Gasteiger partial charge in [0.2, 0.25) is 0 Å². The number of hydrogen-bond donors (Lipinski definition) is 1. The molecule has 18 heavy (non-hydrogen) atoms. The zero-order chi connectivity index (χ0) is 13.0. The SMILES string of the molecule is CN(Cc1ccc(F)c(CN)c1)Cc1cscn1. The Hall–Kier alpha value is -1.30. The summed E-state index contributed by atoms with van der Waals surface area (Å²) in [4.78, 5) is 6.38.